The molecule has 0 spiro atoms. The number of hydrogen-bond donors (Lipinski definition) is 3. The highest BCUT2D eigenvalue weighted by Gasteiger charge is 2.12. The summed E-state index contributed by atoms with van der Waals surface area (Å²) >= 11 is 12.4. The number of fused-ring (bicyclic) bond motifs is 1. The summed E-state index contributed by atoms with van der Waals surface area (Å²) in [7, 11) is 0. The summed E-state index contributed by atoms with van der Waals surface area (Å²) in [4.78, 5) is 9.40. The van der Waals surface area contributed by atoms with Crippen LogP contribution in [-0.2, 0) is 0 Å². The van der Waals surface area contributed by atoms with Gasteiger partial charge in [0.2, 0.25) is 0 Å². The summed E-state index contributed by atoms with van der Waals surface area (Å²) in [6.07, 6.45) is 0. The van der Waals surface area contributed by atoms with Crippen LogP contribution < -0.4 is 16.4 Å². The van der Waals surface area contributed by atoms with Crippen LogP contribution in [0.5, 0.6) is 0 Å². The van der Waals surface area contributed by atoms with E-state index >= 15 is 0 Å². The summed E-state index contributed by atoms with van der Waals surface area (Å²) in [5.74, 6) is 1.31. The van der Waals surface area contributed by atoms with E-state index in [2.05, 4.69) is 15.6 Å². The molecule has 4 aromatic rings. The molecule has 0 saturated heterocycles. The molecule has 5 nitrogen and oxygen atoms in total. The van der Waals surface area contributed by atoms with Gasteiger partial charge < -0.3 is 16.4 Å². The van der Waals surface area contributed by atoms with Crippen molar-refractivity contribution in [2.24, 2.45) is 0 Å². The van der Waals surface area contributed by atoms with Crippen molar-refractivity contribution < 1.29 is 0 Å². The Kier molecular flexibility index (Phi) is 5.69. The molecule has 0 aliphatic carbocycles. The lowest BCUT2D eigenvalue weighted by molar-refractivity contribution is 1.06. The number of nitrogens with zero attached hydrogens (tertiary/aromatic N) is 2. The molecule has 0 bridgehead atoms. The smallest absolute Gasteiger partial charge is 0.163 e. The largest absolute Gasteiger partial charge is 0.399 e. The van der Waals surface area contributed by atoms with E-state index in [9.17, 15) is 0 Å². The predicted molar refractivity (Wildman–Crippen MR) is 123 cm³/mol. The Morgan fingerprint density at radius 2 is 1.66 bits per heavy atom. The molecule has 1 heterocycles. The van der Waals surface area contributed by atoms with Gasteiger partial charge in [-0.2, -0.15) is 0 Å². The van der Waals surface area contributed by atoms with Crippen LogP contribution in [0, 0.1) is 0 Å². The Balaban J connectivity index is 1.57. The lowest BCUT2D eigenvalue weighted by Gasteiger charge is -2.13. The van der Waals surface area contributed by atoms with Crippen LogP contribution in [0.15, 0.2) is 66.7 Å². The molecular formula is C22H19Cl2N5. The number of aromatic nitrogens is 2. The molecule has 0 fully saturated rings. The fraction of sp³-hybridized carbons (Fsp3) is 0.0909. The van der Waals surface area contributed by atoms with Crippen LogP contribution in [0.3, 0.4) is 0 Å². The minimum Gasteiger partial charge on any atom is -0.399 e. The molecule has 0 saturated carbocycles. The van der Waals surface area contributed by atoms with E-state index in [4.69, 9.17) is 33.9 Å². The molecule has 1 aromatic heterocycles. The fourth-order valence-electron chi connectivity index (χ4n) is 3.04. The molecule has 0 radical (unpaired) electrons. The third-order valence-electron chi connectivity index (χ3n) is 4.41. The zero-order chi connectivity index (χ0) is 20.2. The third-order valence-corrected chi connectivity index (χ3v) is 4.96. The van der Waals surface area contributed by atoms with Gasteiger partial charge in [-0.3, -0.25) is 0 Å². The molecule has 0 aliphatic rings. The van der Waals surface area contributed by atoms with Gasteiger partial charge in [0.1, 0.15) is 5.82 Å². The Morgan fingerprint density at radius 3 is 2.48 bits per heavy atom. The van der Waals surface area contributed by atoms with E-state index in [-0.39, 0.29) is 0 Å². The summed E-state index contributed by atoms with van der Waals surface area (Å²) < 4.78 is 0. The number of nitrogen functional groups attached to an aromatic ring is 1. The van der Waals surface area contributed by atoms with Crippen molar-refractivity contribution in [3.8, 4) is 11.4 Å². The van der Waals surface area contributed by atoms with Gasteiger partial charge >= 0.3 is 0 Å². The normalized spacial score (nSPS) is 10.8. The standard InChI is InChI=1S/C22H19Cl2N5/c23-14-8-9-17(19(24)12-14)22-28-20-7-2-1-6-18(20)21(29-22)27-11-10-26-16-5-3-4-15(25)13-16/h1-9,12-13,26H,10-11,25H2,(H,27,28,29). The van der Waals surface area contributed by atoms with E-state index in [0.717, 1.165) is 33.7 Å². The Hall–Kier alpha value is -3.02. The van der Waals surface area contributed by atoms with Crippen molar-refractivity contribution in [2.75, 3.05) is 29.5 Å². The number of halogens is 2. The molecule has 3 aromatic carbocycles. The zero-order valence-corrected chi connectivity index (χ0v) is 17.0. The van der Waals surface area contributed by atoms with E-state index in [0.29, 0.717) is 29.0 Å². The predicted octanol–water partition coefficient (Wildman–Crippen LogP) is 5.71. The first kappa shape index (κ1) is 19.3. The van der Waals surface area contributed by atoms with Crippen molar-refractivity contribution in [3.63, 3.8) is 0 Å². The number of nitrogens with one attached hydrogen (secondary N) is 2. The summed E-state index contributed by atoms with van der Waals surface area (Å²) in [5, 5.41) is 8.78. The van der Waals surface area contributed by atoms with E-state index in [1.807, 2.05) is 54.6 Å². The number of benzene rings is 3. The van der Waals surface area contributed by atoms with Crippen molar-refractivity contribution >= 4 is 51.3 Å². The number of anilines is 3. The fourth-order valence-corrected chi connectivity index (χ4v) is 3.53. The van der Waals surface area contributed by atoms with Crippen molar-refractivity contribution in [3.05, 3.63) is 76.8 Å². The topological polar surface area (TPSA) is 75.9 Å². The summed E-state index contributed by atoms with van der Waals surface area (Å²) in [6.45, 7) is 1.38. The molecule has 0 atom stereocenters. The minimum atomic E-state index is 0.516. The molecular weight excluding hydrogens is 405 g/mol. The minimum absolute atomic E-state index is 0.516. The van der Waals surface area contributed by atoms with Gasteiger partial charge in [-0.05, 0) is 48.5 Å². The number of nitrogens with two attached hydrogens (primary N) is 1. The van der Waals surface area contributed by atoms with Crippen LogP contribution in [0.2, 0.25) is 10.0 Å². The quantitative estimate of drug-likeness (QED) is 0.273. The molecule has 0 aliphatic heterocycles. The van der Waals surface area contributed by atoms with Crippen LogP contribution in [0.4, 0.5) is 17.2 Å². The second-order valence-corrected chi connectivity index (χ2v) is 7.36. The molecule has 146 valence electrons. The SMILES string of the molecule is Nc1cccc(NCCNc2nc(-c3ccc(Cl)cc3Cl)nc3ccccc23)c1. The van der Waals surface area contributed by atoms with Crippen molar-refractivity contribution in [1.29, 1.82) is 0 Å². The molecule has 0 unspecified atom stereocenters. The monoisotopic (exact) mass is 423 g/mol. The number of rotatable bonds is 6. The van der Waals surface area contributed by atoms with Crippen LogP contribution in [0.1, 0.15) is 0 Å². The van der Waals surface area contributed by atoms with Gasteiger partial charge in [0.15, 0.2) is 5.82 Å². The maximum absolute atomic E-state index is 6.37. The first-order valence-electron chi connectivity index (χ1n) is 9.15. The van der Waals surface area contributed by atoms with Gasteiger partial charge in [-0.15, -0.1) is 0 Å². The van der Waals surface area contributed by atoms with Gasteiger partial charge in [0.25, 0.3) is 0 Å². The Labute approximate surface area is 178 Å². The second-order valence-electron chi connectivity index (χ2n) is 6.52. The van der Waals surface area contributed by atoms with Crippen LogP contribution in [0.25, 0.3) is 22.3 Å². The van der Waals surface area contributed by atoms with Crippen molar-refractivity contribution in [1.82, 2.24) is 9.97 Å². The Bertz CT molecular complexity index is 1160. The first-order valence-corrected chi connectivity index (χ1v) is 9.91. The summed E-state index contributed by atoms with van der Waals surface area (Å²) in [5.41, 5.74) is 9.11. The van der Waals surface area contributed by atoms with Crippen LogP contribution >= 0.6 is 23.2 Å². The van der Waals surface area contributed by atoms with E-state index in [1.54, 1.807) is 12.1 Å². The van der Waals surface area contributed by atoms with Gasteiger partial charge in [-0.25, -0.2) is 9.97 Å². The maximum Gasteiger partial charge on any atom is 0.163 e. The average Bonchev–Trinajstić information content (AvgIpc) is 2.71. The highest BCUT2D eigenvalue weighted by Crippen LogP contribution is 2.31. The van der Waals surface area contributed by atoms with Gasteiger partial charge in [0.05, 0.1) is 10.5 Å². The lowest BCUT2D eigenvalue weighted by Crippen LogP contribution is -2.15. The third kappa shape index (κ3) is 4.53. The highest BCUT2D eigenvalue weighted by atomic mass is 35.5. The second kappa shape index (κ2) is 8.55. The maximum atomic E-state index is 6.37. The first-order chi connectivity index (χ1) is 14.1. The van der Waals surface area contributed by atoms with Gasteiger partial charge in [-0.1, -0.05) is 41.4 Å². The Morgan fingerprint density at radius 1 is 0.828 bits per heavy atom. The average molecular weight is 424 g/mol. The van der Waals surface area contributed by atoms with E-state index < -0.39 is 0 Å². The lowest BCUT2D eigenvalue weighted by atomic mass is 10.2. The van der Waals surface area contributed by atoms with Gasteiger partial charge in [0, 0.05) is 40.4 Å². The summed E-state index contributed by atoms with van der Waals surface area (Å²) in [6, 6.07) is 20.9. The molecule has 7 heteroatoms. The zero-order valence-electron chi connectivity index (χ0n) is 15.5. The van der Waals surface area contributed by atoms with Crippen molar-refractivity contribution in [2.45, 2.75) is 0 Å². The molecule has 29 heavy (non-hydrogen) atoms. The number of hydrogen-bond acceptors (Lipinski definition) is 5. The molecule has 4 rings (SSSR count). The number of para-hydroxylation sites is 1. The van der Waals surface area contributed by atoms with E-state index in [1.165, 1.54) is 0 Å². The van der Waals surface area contributed by atoms with Crippen LogP contribution in [-0.4, -0.2) is 23.1 Å². The highest BCUT2D eigenvalue weighted by molar-refractivity contribution is 6.36. The molecule has 4 N–H and O–H groups in total. The molecule has 0 amide bonds.